The largest absolute Gasteiger partial charge is 0.335 e. The van der Waals surface area contributed by atoms with Crippen LogP contribution >= 0.6 is 0 Å². The SMILES string of the molecule is N#C[C@@H](NC(=O)CN1C(=O)c2ccccc2C1=O)c1cnn(-c2ccccc2)c1. The van der Waals surface area contributed by atoms with Gasteiger partial charge in [0, 0.05) is 11.8 Å². The van der Waals surface area contributed by atoms with Crippen LogP contribution in [0, 0.1) is 11.3 Å². The minimum atomic E-state index is -0.963. The van der Waals surface area contributed by atoms with E-state index < -0.39 is 30.3 Å². The second-order valence-electron chi connectivity index (χ2n) is 6.43. The number of benzene rings is 2. The zero-order valence-electron chi connectivity index (χ0n) is 15.1. The molecule has 0 radical (unpaired) electrons. The van der Waals surface area contributed by atoms with Crippen molar-refractivity contribution < 1.29 is 14.4 Å². The Morgan fingerprint density at radius 1 is 1.03 bits per heavy atom. The van der Waals surface area contributed by atoms with Crippen molar-refractivity contribution in [1.29, 1.82) is 5.26 Å². The number of para-hydroxylation sites is 1. The average molecular weight is 385 g/mol. The van der Waals surface area contributed by atoms with Gasteiger partial charge in [-0.2, -0.15) is 10.4 Å². The Bertz CT molecular complexity index is 1110. The summed E-state index contributed by atoms with van der Waals surface area (Å²) in [4.78, 5) is 38.1. The van der Waals surface area contributed by atoms with Gasteiger partial charge in [0.15, 0.2) is 0 Å². The van der Waals surface area contributed by atoms with Crippen molar-refractivity contribution in [2.24, 2.45) is 0 Å². The lowest BCUT2D eigenvalue weighted by Crippen LogP contribution is -2.41. The Labute approximate surface area is 166 Å². The lowest BCUT2D eigenvalue weighted by atomic mass is 10.1. The molecule has 2 aromatic carbocycles. The number of carbonyl (C=O) groups excluding carboxylic acids is 3. The van der Waals surface area contributed by atoms with Gasteiger partial charge in [-0.15, -0.1) is 0 Å². The van der Waals surface area contributed by atoms with Gasteiger partial charge in [0.2, 0.25) is 5.91 Å². The first kappa shape index (κ1) is 18.1. The van der Waals surface area contributed by atoms with Gasteiger partial charge in [-0.25, -0.2) is 4.68 Å². The van der Waals surface area contributed by atoms with Crippen molar-refractivity contribution in [2.75, 3.05) is 6.54 Å². The molecule has 0 spiro atoms. The van der Waals surface area contributed by atoms with E-state index in [9.17, 15) is 19.6 Å². The van der Waals surface area contributed by atoms with Gasteiger partial charge in [-0.3, -0.25) is 19.3 Å². The molecule has 1 atom stereocenters. The fraction of sp³-hybridized carbons (Fsp3) is 0.0952. The van der Waals surface area contributed by atoms with Crippen LogP contribution in [0.25, 0.3) is 5.69 Å². The lowest BCUT2D eigenvalue weighted by Gasteiger charge is -2.15. The van der Waals surface area contributed by atoms with Crippen LogP contribution in [-0.4, -0.2) is 38.9 Å². The van der Waals surface area contributed by atoms with E-state index in [1.54, 1.807) is 35.1 Å². The summed E-state index contributed by atoms with van der Waals surface area (Å²) in [6, 6.07) is 16.8. The maximum absolute atomic E-state index is 12.4. The lowest BCUT2D eigenvalue weighted by molar-refractivity contribution is -0.121. The number of hydrogen-bond donors (Lipinski definition) is 1. The van der Waals surface area contributed by atoms with Crippen LogP contribution in [0.5, 0.6) is 0 Å². The van der Waals surface area contributed by atoms with E-state index in [0.29, 0.717) is 5.56 Å². The van der Waals surface area contributed by atoms with E-state index in [1.807, 2.05) is 36.4 Å². The topological polar surface area (TPSA) is 108 Å². The zero-order chi connectivity index (χ0) is 20.4. The number of rotatable bonds is 5. The predicted octanol–water partition coefficient (Wildman–Crippen LogP) is 1.85. The summed E-state index contributed by atoms with van der Waals surface area (Å²) >= 11 is 0. The van der Waals surface area contributed by atoms with Gasteiger partial charge in [-0.1, -0.05) is 30.3 Å². The highest BCUT2D eigenvalue weighted by Crippen LogP contribution is 2.22. The fourth-order valence-electron chi connectivity index (χ4n) is 3.13. The highest BCUT2D eigenvalue weighted by Gasteiger charge is 2.36. The summed E-state index contributed by atoms with van der Waals surface area (Å²) in [5, 5.41) is 16.2. The number of imide groups is 1. The molecule has 1 aliphatic rings. The van der Waals surface area contributed by atoms with Crippen LogP contribution in [-0.2, 0) is 4.79 Å². The fourth-order valence-corrected chi connectivity index (χ4v) is 3.13. The molecule has 0 fully saturated rings. The molecule has 0 aliphatic carbocycles. The van der Waals surface area contributed by atoms with Crippen LogP contribution in [0.3, 0.4) is 0 Å². The number of hydrogen-bond acceptors (Lipinski definition) is 5. The average Bonchev–Trinajstić information content (AvgIpc) is 3.33. The molecule has 0 saturated carbocycles. The molecule has 8 nitrogen and oxygen atoms in total. The van der Waals surface area contributed by atoms with Crippen LogP contribution in [0.2, 0.25) is 0 Å². The van der Waals surface area contributed by atoms with Crippen molar-refractivity contribution in [3.05, 3.63) is 83.7 Å². The van der Waals surface area contributed by atoms with Gasteiger partial charge in [0.25, 0.3) is 11.8 Å². The third kappa shape index (κ3) is 3.37. The molecule has 1 aromatic heterocycles. The molecule has 0 bridgehead atoms. The Hall–Kier alpha value is -4.25. The second kappa shape index (κ2) is 7.40. The van der Waals surface area contributed by atoms with E-state index in [1.165, 1.54) is 6.20 Å². The molecule has 3 amide bonds. The number of carbonyl (C=O) groups is 3. The van der Waals surface area contributed by atoms with E-state index in [-0.39, 0.29) is 11.1 Å². The molecule has 4 rings (SSSR count). The first-order valence-corrected chi connectivity index (χ1v) is 8.82. The molecule has 0 unspecified atom stereocenters. The highest BCUT2D eigenvalue weighted by atomic mass is 16.2. The van der Waals surface area contributed by atoms with Crippen molar-refractivity contribution in [2.45, 2.75) is 6.04 Å². The molecule has 29 heavy (non-hydrogen) atoms. The third-order valence-electron chi connectivity index (χ3n) is 4.57. The van der Waals surface area contributed by atoms with Crippen molar-refractivity contribution in [1.82, 2.24) is 20.0 Å². The van der Waals surface area contributed by atoms with E-state index in [0.717, 1.165) is 10.6 Å². The monoisotopic (exact) mass is 385 g/mol. The van der Waals surface area contributed by atoms with Gasteiger partial charge in [-0.05, 0) is 24.3 Å². The minimum Gasteiger partial charge on any atom is -0.335 e. The molecule has 3 aromatic rings. The number of aromatic nitrogens is 2. The summed E-state index contributed by atoms with van der Waals surface area (Å²) in [6.45, 7) is -0.461. The maximum Gasteiger partial charge on any atom is 0.262 e. The van der Waals surface area contributed by atoms with Crippen LogP contribution < -0.4 is 5.32 Å². The first-order valence-electron chi connectivity index (χ1n) is 8.82. The molecule has 142 valence electrons. The standard InChI is InChI=1S/C21H15N5O3/c22-10-18(14-11-23-26(12-14)15-6-2-1-3-7-15)24-19(27)13-25-20(28)16-8-4-5-9-17(16)21(25)29/h1-9,11-12,18H,13H2,(H,24,27)/t18-/m1/s1. The van der Waals surface area contributed by atoms with Gasteiger partial charge in [0.1, 0.15) is 12.6 Å². The Kier molecular flexibility index (Phi) is 4.63. The first-order chi connectivity index (χ1) is 14.1. The van der Waals surface area contributed by atoms with Crippen LogP contribution in [0.1, 0.15) is 32.3 Å². The van der Waals surface area contributed by atoms with Crippen molar-refractivity contribution >= 4 is 17.7 Å². The molecule has 0 saturated heterocycles. The smallest absolute Gasteiger partial charge is 0.262 e. The highest BCUT2D eigenvalue weighted by molar-refractivity contribution is 6.22. The summed E-state index contributed by atoms with van der Waals surface area (Å²) in [5.41, 5.74) is 1.84. The third-order valence-corrected chi connectivity index (χ3v) is 4.57. The zero-order valence-corrected chi connectivity index (χ0v) is 15.1. The number of nitrogens with zero attached hydrogens (tertiary/aromatic N) is 4. The Morgan fingerprint density at radius 2 is 1.66 bits per heavy atom. The maximum atomic E-state index is 12.4. The summed E-state index contributed by atoms with van der Waals surface area (Å²) in [7, 11) is 0. The second-order valence-corrected chi connectivity index (χ2v) is 6.43. The van der Waals surface area contributed by atoms with Crippen molar-refractivity contribution in [3.8, 4) is 11.8 Å². The van der Waals surface area contributed by atoms with Crippen molar-refractivity contribution in [3.63, 3.8) is 0 Å². The summed E-state index contributed by atoms with van der Waals surface area (Å²) in [5.74, 6) is -1.66. The summed E-state index contributed by atoms with van der Waals surface area (Å²) in [6.07, 6.45) is 3.13. The molecular weight excluding hydrogens is 370 g/mol. The van der Waals surface area contributed by atoms with Gasteiger partial charge < -0.3 is 5.32 Å². The Morgan fingerprint density at radius 3 is 2.28 bits per heavy atom. The number of nitriles is 1. The molecule has 2 heterocycles. The normalized spacial score (nSPS) is 13.7. The number of fused-ring (bicyclic) bond motifs is 1. The van der Waals surface area contributed by atoms with Crippen LogP contribution in [0.4, 0.5) is 0 Å². The van der Waals surface area contributed by atoms with E-state index in [4.69, 9.17) is 0 Å². The Balaban J connectivity index is 1.46. The quantitative estimate of drug-likeness (QED) is 0.675. The minimum absolute atomic E-state index is 0.270. The summed E-state index contributed by atoms with van der Waals surface area (Å²) < 4.78 is 1.59. The van der Waals surface area contributed by atoms with E-state index >= 15 is 0 Å². The van der Waals surface area contributed by atoms with Crippen LogP contribution in [0.15, 0.2) is 67.0 Å². The molecule has 8 heteroatoms. The predicted molar refractivity (Wildman–Crippen MR) is 102 cm³/mol. The molecule has 1 N–H and O–H groups in total. The van der Waals surface area contributed by atoms with Gasteiger partial charge in [0.05, 0.1) is 29.1 Å². The molecule has 1 aliphatic heterocycles. The van der Waals surface area contributed by atoms with E-state index in [2.05, 4.69) is 10.4 Å². The number of amides is 3. The van der Waals surface area contributed by atoms with Gasteiger partial charge >= 0.3 is 0 Å². The molecular formula is C21H15N5O3. The number of nitrogens with one attached hydrogen (secondary N) is 1.